The van der Waals surface area contributed by atoms with Gasteiger partial charge >= 0.3 is 0 Å². The Bertz CT molecular complexity index is 1010. The molecule has 8 nitrogen and oxygen atoms in total. The first-order valence-electron chi connectivity index (χ1n) is 11.2. The third-order valence-corrected chi connectivity index (χ3v) is 5.91. The number of nitrogens with one attached hydrogen (secondary N) is 2. The topological polar surface area (TPSA) is 97.0 Å². The molecule has 0 spiro atoms. The number of rotatable bonds is 9. The van der Waals surface area contributed by atoms with Gasteiger partial charge in [-0.15, -0.1) is 0 Å². The number of benzene rings is 2. The number of methoxy groups -OCH3 is 2. The van der Waals surface area contributed by atoms with Gasteiger partial charge in [-0.1, -0.05) is 18.2 Å². The van der Waals surface area contributed by atoms with E-state index in [1.807, 2.05) is 0 Å². The molecule has 1 aliphatic rings. The van der Waals surface area contributed by atoms with Crippen molar-refractivity contribution in [2.45, 2.75) is 18.9 Å². The quantitative estimate of drug-likeness (QED) is 0.547. The van der Waals surface area contributed by atoms with Crippen molar-refractivity contribution in [1.82, 2.24) is 15.5 Å². The van der Waals surface area contributed by atoms with Gasteiger partial charge in [0.2, 0.25) is 5.91 Å². The van der Waals surface area contributed by atoms with Gasteiger partial charge in [0.25, 0.3) is 11.8 Å². The Labute approximate surface area is 198 Å². The lowest BCUT2D eigenvalue weighted by Gasteiger charge is -2.36. The van der Waals surface area contributed by atoms with Crippen molar-refractivity contribution in [2.75, 3.05) is 40.5 Å². The summed E-state index contributed by atoms with van der Waals surface area (Å²) in [6.45, 7) is 1.37. The van der Waals surface area contributed by atoms with E-state index in [9.17, 15) is 18.8 Å². The Morgan fingerprint density at radius 1 is 1.09 bits per heavy atom. The Balaban J connectivity index is 1.69. The van der Waals surface area contributed by atoms with Crippen molar-refractivity contribution >= 4 is 17.7 Å². The van der Waals surface area contributed by atoms with Gasteiger partial charge in [-0.3, -0.25) is 14.4 Å². The summed E-state index contributed by atoms with van der Waals surface area (Å²) in [7, 11) is 3.05. The molecule has 1 fully saturated rings. The number of carbonyl (C=O) groups excluding carboxylic acids is 3. The van der Waals surface area contributed by atoms with Crippen molar-refractivity contribution in [1.29, 1.82) is 0 Å². The molecule has 2 aromatic rings. The minimum absolute atomic E-state index is 0.0288. The third kappa shape index (κ3) is 6.32. The van der Waals surface area contributed by atoms with Crippen molar-refractivity contribution in [3.05, 3.63) is 65.5 Å². The molecule has 3 rings (SSSR count). The number of nitrogens with zero attached hydrogens (tertiary/aromatic N) is 1. The molecule has 2 N–H and O–H groups in total. The normalized spacial score (nSPS) is 14.9. The molecule has 0 aliphatic carbocycles. The molecule has 34 heavy (non-hydrogen) atoms. The summed E-state index contributed by atoms with van der Waals surface area (Å²) >= 11 is 0. The van der Waals surface area contributed by atoms with Crippen LogP contribution in [-0.4, -0.2) is 69.1 Å². The number of amides is 3. The predicted molar refractivity (Wildman–Crippen MR) is 124 cm³/mol. The molecule has 1 atom stereocenters. The van der Waals surface area contributed by atoms with Crippen LogP contribution in [0.5, 0.6) is 5.75 Å². The van der Waals surface area contributed by atoms with Gasteiger partial charge in [0.15, 0.2) is 0 Å². The van der Waals surface area contributed by atoms with Crippen LogP contribution < -0.4 is 15.4 Å². The van der Waals surface area contributed by atoms with Gasteiger partial charge < -0.3 is 25.0 Å². The summed E-state index contributed by atoms with van der Waals surface area (Å²) in [5, 5.41) is 5.65. The summed E-state index contributed by atoms with van der Waals surface area (Å²) < 4.78 is 24.2. The fourth-order valence-electron chi connectivity index (χ4n) is 4.01. The van der Waals surface area contributed by atoms with E-state index in [-0.39, 0.29) is 23.3 Å². The fraction of sp³-hybridized carbons (Fsp3) is 0.400. The minimum Gasteiger partial charge on any atom is -0.497 e. The highest BCUT2D eigenvalue weighted by Crippen LogP contribution is 2.24. The van der Waals surface area contributed by atoms with Crippen molar-refractivity contribution in [3.8, 4) is 5.75 Å². The summed E-state index contributed by atoms with van der Waals surface area (Å²) in [6, 6.07) is 11.8. The zero-order chi connectivity index (χ0) is 24.5. The van der Waals surface area contributed by atoms with E-state index in [2.05, 4.69) is 10.6 Å². The molecular weight excluding hydrogens is 441 g/mol. The fourth-order valence-corrected chi connectivity index (χ4v) is 4.01. The lowest BCUT2D eigenvalue weighted by atomic mass is 9.88. The van der Waals surface area contributed by atoms with Crippen molar-refractivity contribution < 1.29 is 28.2 Å². The average molecular weight is 472 g/mol. The molecule has 3 amide bonds. The number of piperidine rings is 1. The molecule has 1 saturated heterocycles. The first kappa shape index (κ1) is 25.2. The Kier molecular flexibility index (Phi) is 8.98. The number of carbonyl (C=O) groups is 3. The molecule has 1 aliphatic heterocycles. The predicted octanol–water partition coefficient (Wildman–Crippen LogP) is 2.25. The Hall–Kier alpha value is -3.46. The standard InChI is InChI=1S/C25H30FN3O5/c1-33-15-12-27-24(31)22(28-23(30)18-6-5-7-19(16-18)34-2)17-10-13-29(14-11-17)25(32)20-8-3-4-9-21(20)26/h3-9,16-17,22H,10-15H2,1-2H3,(H,27,31)(H,28,30)/t22-/m0/s1. The van der Waals surface area contributed by atoms with Gasteiger partial charge in [0, 0.05) is 32.3 Å². The van der Waals surface area contributed by atoms with Crippen LogP contribution in [0.4, 0.5) is 4.39 Å². The smallest absolute Gasteiger partial charge is 0.256 e. The van der Waals surface area contributed by atoms with Crippen molar-refractivity contribution in [2.24, 2.45) is 5.92 Å². The van der Waals surface area contributed by atoms with Gasteiger partial charge in [0.1, 0.15) is 17.6 Å². The summed E-state index contributed by atoms with van der Waals surface area (Å²) in [5.41, 5.74) is 0.405. The molecule has 0 radical (unpaired) electrons. The van der Waals surface area contributed by atoms with Crippen LogP contribution in [0, 0.1) is 11.7 Å². The van der Waals surface area contributed by atoms with E-state index in [0.717, 1.165) is 0 Å². The first-order chi connectivity index (χ1) is 16.4. The molecule has 0 bridgehead atoms. The lowest BCUT2D eigenvalue weighted by Crippen LogP contribution is -2.54. The van der Waals surface area contributed by atoms with E-state index in [1.165, 1.54) is 32.4 Å². The number of ether oxygens (including phenoxy) is 2. The molecule has 0 saturated carbocycles. The Morgan fingerprint density at radius 3 is 2.50 bits per heavy atom. The molecule has 182 valence electrons. The van der Waals surface area contributed by atoms with Gasteiger partial charge in [-0.05, 0) is 49.1 Å². The maximum absolute atomic E-state index is 14.0. The van der Waals surface area contributed by atoms with E-state index in [4.69, 9.17) is 9.47 Å². The van der Waals surface area contributed by atoms with Crippen LogP contribution in [0.25, 0.3) is 0 Å². The third-order valence-electron chi connectivity index (χ3n) is 5.91. The van der Waals surface area contributed by atoms with Crippen LogP contribution in [0.2, 0.25) is 0 Å². The first-order valence-corrected chi connectivity index (χ1v) is 11.2. The van der Waals surface area contributed by atoms with Crippen LogP contribution in [0.1, 0.15) is 33.6 Å². The molecular formula is C25H30FN3O5. The van der Waals surface area contributed by atoms with E-state index >= 15 is 0 Å². The zero-order valence-corrected chi connectivity index (χ0v) is 19.4. The lowest BCUT2D eigenvalue weighted by molar-refractivity contribution is -0.124. The Morgan fingerprint density at radius 2 is 1.82 bits per heavy atom. The molecule has 0 aromatic heterocycles. The highest BCUT2D eigenvalue weighted by Gasteiger charge is 2.34. The maximum atomic E-state index is 14.0. The summed E-state index contributed by atoms with van der Waals surface area (Å²) in [5.74, 6) is -1.30. The second-order valence-corrected chi connectivity index (χ2v) is 8.08. The van der Waals surface area contributed by atoms with Crippen molar-refractivity contribution in [3.63, 3.8) is 0 Å². The summed E-state index contributed by atoms with van der Waals surface area (Å²) in [4.78, 5) is 40.2. The maximum Gasteiger partial charge on any atom is 0.256 e. The average Bonchev–Trinajstić information content (AvgIpc) is 2.87. The van der Waals surface area contributed by atoms with Crippen LogP contribution in [0.15, 0.2) is 48.5 Å². The molecule has 2 aromatic carbocycles. The molecule has 1 heterocycles. The largest absolute Gasteiger partial charge is 0.497 e. The zero-order valence-electron chi connectivity index (χ0n) is 19.4. The number of likely N-dealkylation sites (tertiary alicyclic amines) is 1. The molecule has 9 heteroatoms. The second kappa shape index (κ2) is 12.1. The van der Waals surface area contributed by atoms with Gasteiger partial charge in [-0.2, -0.15) is 0 Å². The van der Waals surface area contributed by atoms with Gasteiger partial charge in [-0.25, -0.2) is 4.39 Å². The number of hydrogen-bond donors (Lipinski definition) is 2. The highest BCUT2D eigenvalue weighted by molar-refractivity contribution is 5.98. The number of halogens is 1. The summed E-state index contributed by atoms with van der Waals surface area (Å²) in [6.07, 6.45) is 0.974. The van der Waals surface area contributed by atoms with Crippen LogP contribution in [0.3, 0.4) is 0 Å². The van der Waals surface area contributed by atoms with E-state index in [1.54, 1.807) is 35.2 Å². The molecule has 0 unspecified atom stereocenters. The number of hydrogen-bond acceptors (Lipinski definition) is 5. The second-order valence-electron chi connectivity index (χ2n) is 8.08. The highest BCUT2D eigenvalue weighted by atomic mass is 19.1. The van der Waals surface area contributed by atoms with E-state index in [0.29, 0.717) is 50.4 Å². The monoisotopic (exact) mass is 471 g/mol. The van der Waals surface area contributed by atoms with E-state index < -0.39 is 17.8 Å². The SMILES string of the molecule is COCCNC(=O)[C@@H](NC(=O)c1cccc(OC)c1)C1CCN(C(=O)c2ccccc2F)CC1. The van der Waals surface area contributed by atoms with Crippen LogP contribution >= 0.6 is 0 Å². The van der Waals surface area contributed by atoms with Gasteiger partial charge in [0.05, 0.1) is 19.3 Å². The van der Waals surface area contributed by atoms with Crippen LogP contribution in [-0.2, 0) is 9.53 Å². The minimum atomic E-state index is -0.790.